The van der Waals surface area contributed by atoms with E-state index in [1.165, 1.54) is 65.8 Å². The van der Waals surface area contributed by atoms with Crippen LogP contribution in [-0.2, 0) is 58.3 Å². The number of imidazole rings is 2. The summed E-state index contributed by atoms with van der Waals surface area (Å²) >= 11 is 1.61. The molecule has 0 bridgehead atoms. The zero-order chi connectivity index (χ0) is 97.8. The number of halogens is 4. The number of thioether (sulfide) groups is 1. The fourth-order valence-electron chi connectivity index (χ4n) is 17.7. The monoisotopic (exact) mass is 1860 g/mol. The molecular formula is C112H129F4N19OS. The van der Waals surface area contributed by atoms with Gasteiger partial charge in [0.25, 0.3) is 5.78 Å². The summed E-state index contributed by atoms with van der Waals surface area (Å²) in [6.07, 6.45) is 27.6. The second-order valence-electron chi connectivity index (χ2n) is 43.0. The van der Waals surface area contributed by atoms with Crippen LogP contribution in [0.3, 0.4) is 0 Å². The summed E-state index contributed by atoms with van der Waals surface area (Å²) in [4.78, 5) is 40.6. The van der Waals surface area contributed by atoms with E-state index in [9.17, 15) is 13.2 Å². The summed E-state index contributed by atoms with van der Waals surface area (Å²) in [6, 6.07) is 51.9. The number of para-hydroxylation sites is 1. The van der Waals surface area contributed by atoms with Gasteiger partial charge in [0.15, 0.2) is 17.3 Å². The van der Waals surface area contributed by atoms with Gasteiger partial charge in [-0.05, 0) is 219 Å². The molecule has 1 saturated carbocycles. The summed E-state index contributed by atoms with van der Waals surface area (Å²) in [5.74, 6) is 7.54. The number of fused-ring (bicyclic) bond motifs is 7. The Morgan fingerprint density at radius 3 is 1.96 bits per heavy atom. The summed E-state index contributed by atoms with van der Waals surface area (Å²) < 4.78 is 68.2. The van der Waals surface area contributed by atoms with E-state index in [0.29, 0.717) is 39.2 Å². The van der Waals surface area contributed by atoms with E-state index in [1.54, 1.807) is 73.1 Å². The maximum atomic E-state index is 15.2. The first-order chi connectivity index (χ1) is 65.0. The van der Waals surface area contributed by atoms with Crippen molar-refractivity contribution >= 4 is 56.8 Å². The molecule has 3 aliphatic heterocycles. The summed E-state index contributed by atoms with van der Waals surface area (Å²) in [6.45, 7) is 47.9. The van der Waals surface area contributed by atoms with Crippen LogP contribution < -0.4 is 9.64 Å². The SMILES string of the molecule is CC(C)(C)C1CC1c1ccc2c(c1)CCO2.CC(C)(C)c1[nH]ncc1-c1nnc2ncccn12.CC(C)(C)c1cc(F)ccc1-c1nc2ncccc2[nH]1.CC(C)(C)c1ccc(F)c(-c2nnc3n2CCCCC3)c1.CC(C)(C)c1ccnc(N2CCCc3ccccc32)c1.CC(C)(C)c1nccc(-c2cc3c(F)cccc3[nH]2)n1.CSc1ccn2ccnc2c1-c1cccc(C(C)(C)C)c1F. The number of pyridine rings is 3. The van der Waals surface area contributed by atoms with Crippen LogP contribution in [0, 0.1) is 34.6 Å². The van der Waals surface area contributed by atoms with Gasteiger partial charge in [0.2, 0.25) is 0 Å². The highest BCUT2D eigenvalue weighted by Crippen LogP contribution is 2.57. The Balaban J connectivity index is 0.000000122. The smallest absolute Gasteiger partial charge is 0.255 e. The van der Waals surface area contributed by atoms with Crippen LogP contribution in [0.4, 0.5) is 29.1 Å². The van der Waals surface area contributed by atoms with Gasteiger partial charge in [-0.3, -0.25) is 9.50 Å². The Kier molecular flexibility index (Phi) is 29.0. The van der Waals surface area contributed by atoms with Gasteiger partial charge in [-0.25, -0.2) is 52.4 Å². The molecule has 2 unspecified atom stereocenters. The fraction of sp³-hybridized carbons (Fsp3) is 0.375. The van der Waals surface area contributed by atoms with E-state index >= 15 is 4.39 Å². The Bertz CT molecular complexity index is 7060. The lowest BCUT2D eigenvalue weighted by Crippen LogP contribution is -2.25. The molecule has 6 aromatic carbocycles. The average Bonchev–Trinajstić information content (AvgIpc) is 1.33. The lowest BCUT2D eigenvalue weighted by Gasteiger charge is -2.31. The van der Waals surface area contributed by atoms with Crippen LogP contribution in [0.25, 0.3) is 90.2 Å². The van der Waals surface area contributed by atoms with Crippen molar-refractivity contribution in [2.45, 2.75) is 247 Å². The lowest BCUT2D eigenvalue weighted by molar-refractivity contribution is 0.343. The Hall–Kier alpha value is -13.0. The number of anilines is 2. The van der Waals surface area contributed by atoms with Crippen molar-refractivity contribution in [2.24, 2.45) is 11.3 Å². The van der Waals surface area contributed by atoms with Gasteiger partial charge in [-0.15, -0.1) is 32.2 Å². The first kappa shape index (κ1) is 98.5. The van der Waals surface area contributed by atoms with Gasteiger partial charge in [-0.2, -0.15) is 5.10 Å². The fourth-order valence-corrected chi connectivity index (χ4v) is 18.3. The normalized spacial score (nSPS) is 14.8. The molecule has 21 rings (SSSR count). The van der Waals surface area contributed by atoms with Crippen LogP contribution in [0.15, 0.2) is 224 Å². The molecule has 712 valence electrons. The van der Waals surface area contributed by atoms with E-state index in [4.69, 9.17) is 4.74 Å². The summed E-state index contributed by atoms with van der Waals surface area (Å²) in [7, 11) is 0. The number of H-pyrrole nitrogens is 3. The highest BCUT2D eigenvalue weighted by Gasteiger charge is 2.46. The number of ether oxygens (including phenoxy) is 1. The maximum Gasteiger partial charge on any atom is 0.255 e. The van der Waals surface area contributed by atoms with Crippen molar-refractivity contribution in [2.75, 3.05) is 24.3 Å². The quantitative estimate of drug-likeness (QED) is 0.0949. The molecule has 25 heteroatoms. The van der Waals surface area contributed by atoms with Crippen LogP contribution in [-0.4, -0.2) is 108 Å². The molecule has 0 spiro atoms. The van der Waals surface area contributed by atoms with Crippen molar-refractivity contribution in [3.8, 4) is 62.4 Å². The molecule has 1 fully saturated rings. The Labute approximate surface area is 806 Å². The number of aryl methyl sites for hydroxylation is 2. The highest BCUT2D eigenvalue weighted by molar-refractivity contribution is 7.98. The molecule has 137 heavy (non-hydrogen) atoms. The van der Waals surface area contributed by atoms with Crippen molar-refractivity contribution < 1.29 is 22.3 Å². The number of benzene rings is 6. The number of nitrogens with one attached hydrogen (secondary N) is 3. The summed E-state index contributed by atoms with van der Waals surface area (Å²) in [5, 5.41) is 24.6. The third-order valence-corrected chi connectivity index (χ3v) is 26.2. The number of aromatic amines is 3. The van der Waals surface area contributed by atoms with Gasteiger partial charge in [0.05, 0.1) is 46.5 Å². The second-order valence-corrected chi connectivity index (χ2v) is 43.9. The zero-order valence-electron chi connectivity index (χ0n) is 83.2. The number of hydrogen-bond acceptors (Lipinski definition) is 15. The van der Waals surface area contributed by atoms with E-state index in [-0.39, 0.29) is 55.8 Å². The molecule has 11 aromatic heterocycles. The molecule has 20 nitrogen and oxygen atoms in total. The van der Waals surface area contributed by atoms with E-state index in [2.05, 4.69) is 264 Å². The van der Waals surface area contributed by atoms with Crippen LogP contribution in [0.2, 0.25) is 0 Å². The van der Waals surface area contributed by atoms with Crippen molar-refractivity contribution in [3.63, 3.8) is 0 Å². The molecule has 2 atom stereocenters. The van der Waals surface area contributed by atoms with Crippen LogP contribution >= 0.6 is 11.8 Å². The average molecular weight is 1870 g/mol. The Morgan fingerprint density at radius 1 is 0.489 bits per heavy atom. The van der Waals surface area contributed by atoms with Crippen LogP contribution in [0.1, 0.15) is 240 Å². The topological polar surface area (TPSA) is 228 Å². The van der Waals surface area contributed by atoms with Gasteiger partial charge in [0, 0.05) is 125 Å². The molecular weight excluding hydrogens is 1740 g/mol. The minimum absolute atomic E-state index is 0.00983. The predicted molar refractivity (Wildman–Crippen MR) is 546 cm³/mol. The highest BCUT2D eigenvalue weighted by atomic mass is 32.2. The largest absolute Gasteiger partial charge is 0.493 e. The third-order valence-electron chi connectivity index (χ3n) is 25.4. The molecule has 0 amide bonds. The van der Waals surface area contributed by atoms with E-state index in [1.807, 2.05) is 127 Å². The van der Waals surface area contributed by atoms with Gasteiger partial charge in [0.1, 0.15) is 58.0 Å². The van der Waals surface area contributed by atoms with Crippen molar-refractivity contribution in [1.29, 1.82) is 0 Å². The van der Waals surface area contributed by atoms with Crippen molar-refractivity contribution in [3.05, 3.63) is 299 Å². The standard InChI is InChI=1S/C18H19FN2S.C18H22N2.C17H22FN3.2C16H16FN3.C15H20O.C12H14N6/c1-18(2,3)13-7-5-6-12(16(13)19)15-14(22-4)8-10-21-11-9-20-17(15)21;1-18(2,3)15-10-11-19-17(13-15)20-12-6-8-14-7-4-5-9-16(14)20;1-17(2,3)12-8-9-14(18)13(11-12)16-20-19-15-7-5-4-6-10-21(15)16;1-16(2,3)12-9-10(17)6-7-11(12)14-19-13-5-4-8-18-15(13)20-14;1-16(2,3)15-18-8-7-13(20-15)14-9-10-11(17)5-4-6-12(10)19-14;1-15(2,3)13-9-12(13)10-4-5-14-11(8-10)6-7-16-14;1-12(2,3)9-8(7-14-15-9)10-16-17-11-13-5-4-6-18(10)11/h5-11H,1-4H3;4-5,7,9-11,13H,6,8,12H2,1-3H3;8-9,11H,4-7,10H2,1-3H3;4-9H,1-3H3,(H,18,19,20);4-9,19H,1-3H3;4-5,8,12-13H,6-7,9H2,1-3H3;4-7H,1-3H3,(H,14,15). The van der Waals surface area contributed by atoms with Gasteiger partial charge >= 0.3 is 0 Å². The molecule has 3 N–H and O–H groups in total. The first-order valence-electron chi connectivity index (χ1n) is 47.5. The zero-order valence-corrected chi connectivity index (χ0v) is 84.0. The number of rotatable bonds is 8. The van der Waals surface area contributed by atoms with Gasteiger partial charge < -0.3 is 28.6 Å². The van der Waals surface area contributed by atoms with Gasteiger partial charge in [-0.1, -0.05) is 212 Å². The molecule has 4 aliphatic rings. The summed E-state index contributed by atoms with van der Waals surface area (Å²) in [5.41, 5.74) is 19.5. The molecule has 0 radical (unpaired) electrons. The van der Waals surface area contributed by atoms with Crippen LogP contribution in [0.5, 0.6) is 5.75 Å². The minimum Gasteiger partial charge on any atom is -0.493 e. The Morgan fingerprint density at radius 2 is 1.23 bits per heavy atom. The second kappa shape index (κ2) is 40.3. The number of aromatic nitrogens is 18. The minimum atomic E-state index is -0.236. The third kappa shape index (κ3) is 23.0. The first-order valence-corrected chi connectivity index (χ1v) is 48.7. The maximum absolute atomic E-state index is 15.2. The lowest BCUT2D eigenvalue weighted by atomic mass is 9.83. The number of hydrogen-bond donors (Lipinski definition) is 3. The van der Waals surface area contributed by atoms with Crippen molar-refractivity contribution in [1.82, 2.24) is 88.8 Å². The molecule has 17 aromatic rings. The molecule has 14 heterocycles. The van der Waals surface area contributed by atoms with E-state index < -0.39 is 0 Å². The van der Waals surface area contributed by atoms with E-state index in [0.717, 1.165) is 164 Å². The predicted octanol–water partition coefficient (Wildman–Crippen LogP) is 27.4. The molecule has 1 aliphatic carbocycles. The number of nitrogens with zero attached hydrogens (tertiary/aromatic N) is 16. The molecule has 0 saturated heterocycles.